The molecule has 0 spiro atoms. The van der Waals surface area contributed by atoms with Crippen LogP contribution in [0.4, 0.5) is 11.4 Å². The molecule has 0 aromatic heterocycles. The number of hydrogen-bond acceptors (Lipinski definition) is 4. The van der Waals surface area contributed by atoms with Crippen molar-refractivity contribution in [3.63, 3.8) is 0 Å². The minimum Gasteiger partial charge on any atom is -0.495 e. The Labute approximate surface area is 187 Å². The number of rotatable bonds is 7. The molecule has 0 fully saturated rings. The zero-order valence-electron chi connectivity index (χ0n) is 17.4. The van der Waals surface area contributed by atoms with Crippen molar-refractivity contribution in [1.29, 1.82) is 0 Å². The Bertz CT molecular complexity index is 1190. The third kappa shape index (κ3) is 5.18. The maximum Gasteiger partial charge on any atom is 0.264 e. The molecule has 31 heavy (non-hydrogen) atoms. The molecule has 1 amide bonds. The highest BCUT2D eigenvalue weighted by molar-refractivity contribution is 7.92. The first-order chi connectivity index (χ1) is 14.7. The number of hydrogen-bond donors (Lipinski definition) is 1. The normalized spacial score (nSPS) is 11.1. The Hall–Kier alpha value is -3.03. The van der Waals surface area contributed by atoms with Crippen LogP contribution in [0.5, 0.6) is 5.75 Å². The summed E-state index contributed by atoms with van der Waals surface area (Å²) in [6.45, 7) is 3.27. The van der Waals surface area contributed by atoms with Gasteiger partial charge in [0.2, 0.25) is 5.91 Å². The highest BCUT2D eigenvalue weighted by Gasteiger charge is 2.30. The molecule has 3 rings (SSSR count). The van der Waals surface area contributed by atoms with E-state index in [4.69, 9.17) is 16.3 Å². The monoisotopic (exact) mass is 458 g/mol. The van der Waals surface area contributed by atoms with E-state index in [9.17, 15) is 13.2 Å². The Morgan fingerprint density at radius 2 is 1.71 bits per heavy atom. The van der Waals surface area contributed by atoms with E-state index >= 15 is 0 Å². The van der Waals surface area contributed by atoms with Gasteiger partial charge in [-0.25, -0.2) is 8.42 Å². The number of carbonyl (C=O) groups excluding carboxylic acids is 1. The number of carbonyl (C=O) groups is 1. The van der Waals surface area contributed by atoms with E-state index in [1.807, 2.05) is 26.0 Å². The van der Waals surface area contributed by atoms with E-state index in [1.54, 1.807) is 36.4 Å². The summed E-state index contributed by atoms with van der Waals surface area (Å²) in [7, 11) is -2.66. The van der Waals surface area contributed by atoms with E-state index in [1.165, 1.54) is 25.3 Å². The van der Waals surface area contributed by atoms with E-state index in [0.29, 0.717) is 10.7 Å². The molecule has 0 unspecified atom stereocenters. The van der Waals surface area contributed by atoms with Crippen molar-refractivity contribution < 1.29 is 17.9 Å². The van der Waals surface area contributed by atoms with Crippen LogP contribution in [0, 0.1) is 13.8 Å². The van der Waals surface area contributed by atoms with Gasteiger partial charge in [0.25, 0.3) is 10.0 Å². The first-order valence-corrected chi connectivity index (χ1v) is 11.3. The third-order valence-corrected chi connectivity index (χ3v) is 6.73. The third-order valence-electron chi connectivity index (χ3n) is 4.72. The van der Waals surface area contributed by atoms with Crippen molar-refractivity contribution in [3.8, 4) is 5.75 Å². The summed E-state index contributed by atoms with van der Waals surface area (Å²) in [5.41, 5.74) is 2.57. The molecule has 0 saturated carbocycles. The van der Waals surface area contributed by atoms with Crippen LogP contribution in [0.2, 0.25) is 5.02 Å². The minimum atomic E-state index is -4.08. The molecule has 0 saturated heterocycles. The summed E-state index contributed by atoms with van der Waals surface area (Å²) < 4.78 is 33.4. The van der Waals surface area contributed by atoms with Gasteiger partial charge in [0.1, 0.15) is 12.3 Å². The SMILES string of the molecule is COc1ccc(Cl)cc1N(CC(=O)Nc1ccccc1C)S(=O)(=O)c1ccc(C)cc1. The molecule has 162 valence electrons. The molecule has 0 aliphatic heterocycles. The number of halogens is 1. The Morgan fingerprint density at radius 1 is 1.03 bits per heavy atom. The van der Waals surface area contributed by atoms with Crippen molar-refractivity contribution in [1.82, 2.24) is 0 Å². The van der Waals surface area contributed by atoms with E-state index in [2.05, 4.69) is 5.32 Å². The number of amides is 1. The second-order valence-corrected chi connectivity index (χ2v) is 9.30. The molecule has 8 heteroatoms. The van der Waals surface area contributed by atoms with Crippen LogP contribution in [0.1, 0.15) is 11.1 Å². The topological polar surface area (TPSA) is 75.7 Å². The largest absolute Gasteiger partial charge is 0.495 e. The van der Waals surface area contributed by atoms with Gasteiger partial charge in [-0.05, 0) is 55.8 Å². The lowest BCUT2D eigenvalue weighted by Crippen LogP contribution is -2.38. The van der Waals surface area contributed by atoms with Gasteiger partial charge in [-0.1, -0.05) is 47.5 Å². The van der Waals surface area contributed by atoms with Crippen molar-refractivity contribution >= 4 is 38.9 Å². The molecule has 3 aromatic rings. The molecular formula is C23H23ClN2O4S. The van der Waals surface area contributed by atoms with Gasteiger partial charge in [0, 0.05) is 10.7 Å². The van der Waals surface area contributed by atoms with Crippen LogP contribution < -0.4 is 14.4 Å². The Morgan fingerprint density at radius 3 is 2.35 bits per heavy atom. The number of ether oxygens (including phenoxy) is 1. The van der Waals surface area contributed by atoms with Crippen LogP contribution in [0.25, 0.3) is 0 Å². The Balaban J connectivity index is 2.04. The van der Waals surface area contributed by atoms with Gasteiger partial charge in [-0.3, -0.25) is 9.10 Å². The van der Waals surface area contributed by atoms with Crippen LogP contribution in [0.3, 0.4) is 0 Å². The number of para-hydroxylation sites is 1. The van der Waals surface area contributed by atoms with Crippen LogP contribution in [0.15, 0.2) is 71.6 Å². The number of nitrogens with zero attached hydrogens (tertiary/aromatic N) is 1. The molecule has 0 heterocycles. The van der Waals surface area contributed by atoms with Crippen molar-refractivity contribution in [3.05, 3.63) is 82.9 Å². The number of aryl methyl sites for hydroxylation is 2. The average molecular weight is 459 g/mol. The van der Waals surface area contributed by atoms with Gasteiger partial charge in [-0.15, -0.1) is 0 Å². The standard InChI is InChI=1S/C23H23ClN2O4S/c1-16-8-11-19(12-9-16)31(28,29)26(21-14-18(24)10-13-22(21)30-3)15-23(27)25-20-7-5-4-6-17(20)2/h4-14H,15H2,1-3H3,(H,25,27). The number of methoxy groups -OCH3 is 1. The first-order valence-electron chi connectivity index (χ1n) is 9.51. The van der Waals surface area contributed by atoms with Crippen LogP contribution >= 0.6 is 11.6 Å². The summed E-state index contributed by atoms with van der Waals surface area (Å²) in [5.74, 6) is -0.212. The lowest BCUT2D eigenvalue weighted by Gasteiger charge is -2.26. The molecule has 0 aliphatic carbocycles. The first kappa shape index (κ1) is 22.7. The van der Waals surface area contributed by atoms with Gasteiger partial charge < -0.3 is 10.1 Å². The van der Waals surface area contributed by atoms with E-state index in [0.717, 1.165) is 15.4 Å². The predicted octanol–water partition coefficient (Wildman–Crippen LogP) is 4.80. The highest BCUT2D eigenvalue weighted by atomic mass is 35.5. The van der Waals surface area contributed by atoms with Crippen LogP contribution in [-0.4, -0.2) is 28.0 Å². The minimum absolute atomic E-state index is 0.0591. The zero-order valence-corrected chi connectivity index (χ0v) is 19.0. The fourth-order valence-corrected chi connectivity index (χ4v) is 4.62. The second kappa shape index (κ2) is 9.41. The fourth-order valence-electron chi connectivity index (χ4n) is 3.03. The molecule has 6 nitrogen and oxygen atoms in total. The smallest absolute Gasteiger partial charge is 0.264 e. The van der Waals surface area contributed by atoms with Gasteiger partial charge in [0.05, 0.1) is 17.7 Å². The van der Waals surface area contributed by atoms with Gasteiger partial charge in [0.15, 0.2) is 0 Å². The zero-order chi connectivity index (χ0) is 22.6. The summed E-state index contributed by atoms with van der Waals surface area (Å²) >= 11 is 6.14. The number of benzene rings is 3. The van der Waals surface area contributed by atoms with Crippen molar-refractivity contribution in [2.24, 2.45) is 0 Å². The molecule has 3 aromatic carbocycles. The summed E-state index contributed by atoms with van der Waals surface area (Å²) in [5, 5.41) is 3.10. The Kier molecular flexibility index (Phi) is 6.87. The van der Waals surface area contributed by atoms with Gasteiger partial charge >= 0.3 is 0 Å². The second-order valence-electron chi connectivity index (χ2n) is 7.00. The van der Waals surface area contributed by atoms with E-state index in [-0.39, 0.29) is 16.3 Å². The maximum atomic E-state index is 13.5. The maximum absolute atomic E-state index is 13.5. The average Bonchev–Trinajstić information content (AvgIpc) is 2.74. The molecular weight excluding hydrogens is 436 g/mol. The summed E-state index contributed by atoms with van der Waals surface area (Å²) in [6.07, 6.45) is 0. The fraction of sp³-hybridized carbons (Fsp3) is 0.174. The molecule has 1 N–H and O–H groups in total. The number of nitrogens with one attached hydrogen (secondary N) is 1. The van der Waals surface area contributed by atoms with Crippen molar-refractivity contribution in [2.75, 3.05) is 23.3 Å². The lowest BCUT2D eigenvalue weighted by molar-refractivity contribution is -0.114. The molecule has 0 bridgehead atoms. The highest BCUT2D eigenvalue weighted by Crippen LogP contribution is 2.35. The quantitative estimate of drug-likeness (QED) is 0.551. The summed E-state index contributed by atoms with van der Waals surface area (Å²) in [6, 6.07) is 18.3. The molecule has 0 aliphatic rings. The van der Waals surface area contributed by atoms with E-state index < -0.39 is 22.5 Å². The van der Waals surface area contributed by atoms with Gasteiger partial charge in [-0.2, -0.15) is 0 Å². The summed E-state index contributed by atoms with van der Waals surface area (Å²) in [4.78, 5) is 12.9. The molecule has 0 atom stereocenters. The number of anilines is 2. The lowest BCUT2D eigenvalue weighted by atomic mass is 10.2. The number of sulfonamides is 1. The molecule has 0 radical (unpaired) electrons. The predicted molar refractivity (Wildman–Crippen MR) is 124 cm³/mol. The van der Waals surface area contributed by atoms with Crippen LogP contribution in [-0.2, 0) is 14.8 Å². The van der Waals surface area contributed by atoms with Crippen molar-refractivity contribution in [2.45, 2.75) is 18.7 Å².